The van der Waals surface area contributed by atoms with E-state index in [0.717, 1.165) is 96.6 Å². The van der Waals surface area contributed by atoms with Gasteiger partial charge >= 0.3 is 11.9 Å². The molecule has 0 spiro atoms. The number of carbonyl (C=O) groups is 2. The van der Waals surface area contributed by atoms with Crippen LogP contribution in [0.1, 0.15) is 240 Å². The first-order chi connectivity index (χ1) is 25.0. The molecule has 0 rings (SSSR count). The lowest BCUT2D eigenvalue weighted by molar-refractivity contribution is -0.150. The number of aliphatic hydroxyl groups excluding tert-OH is 1. The van der Waals surface area contributed by atoms with Crippen LogP contribution in [0.3, 0.4) is 0 Å². The van der Waals surface area contributed by atoms with Crippen LogP contribution >= 0.6 is 0 Å². The Kier molecular flexibility index (Phi) is 39.2. The van der Waals surface area contributed by atoms with Crippen LogP contribution in [0.15, 0.2) is 0 Å². The van der Waals surface area contributed by atoms with Gasteiger partial charge in [0.2, 0.25) is 0 Å². The average molecular weight is 724 g/mol. The molecule has 0 bridgehead atoms. The molecule has 0 saturated heterocycles. The molecule has 0 aliphatic carbocycles. The van der Waals surface area contributed by atoms with Crippen molar-refractivity contribution in [2.75, 3.05) is 26.3 Å². The fourth-order valence-electron chi connectivity index (χ4n) is 7.17. The SMILES string of the molecule is CCCCCCCCCOC(=O)CCCCCCCN(CCO)C(C)CCCCCCC(=O)OC(CCCCCCCC)CCCCCCCC. The van der Waals surface area contributed by atoms with Crippen LogP contribution in [0.5, 0.6) is 0 Å². The Morgan fingerprint density at radius 3 is 1.41 bits per heavy atom. The van der Waals surface area contributed by atoms with Crippen molar-refractivity contribution in [2.45, 2.75) is 252 Å². The summed E-state index contributed by atoms with van der Waals surface area (Å²) in [6, 6.07) is 0.456. The smallest absolute Gasteiger partial charge is 0.306 e. The first-order valence-electron chi connectivity index (χ1n) is 22.7. The van der Waals surface area contributed by atoms with Gasteiger partial charge in [0.05, 0.1) is 13.2 Å². The fourth-order valence-corrected chi connectivity index (χ4v) is 7.17. The van der Waals surface area contributed by atoms with E-state index in [1.807, 2.05) is 0 Å². The molecule has 1 unspecified atom stereocenters. The van der Waals surface area contributed by atoms with Gasteiger partial charge in [0, 0.05) is 25.4 Å². The van der Waals surface area contributed by atoms with Gasteiger partial charge in [0.1, 0.15) is 6.10 Å². The second-order valence-corrected chi connectivity index (χ2v) is 15.6. The summed E-state index contributed by atoms with van der Waals surface area (Å²) in [5, 5.41) is 9.65. The van der Waals surface area contributed by atoms with E-state index in [-0.39, 0.29) is 24.6 Å². The van der Waals surface area contributed by atoms with E-state index in [9.17, 15) is 14.7 Å². The molecule has 0 heterocycles. The van der Waals surface area contributed by atoms with E-state index in [1.54, 1.807) is 0 Å². The second-order valence-electron chi connectivity index (χ2n) is 15.6. The zero-order valence-corrected chi connectivity index (χ0v) is 34.8. The number of hydrogen-bond donors (Lipinski definition) is 1. The minimum absolute atomic E-state index is 0.0122. The molecular weight excluding hydrogens is 634 g/mol. The largest absolute Gasteiger partial charge is 0.466 e. The number of unbranched alkanes of at least 4 members (excludes halogenated alkanes) is 23. The molecule has 0 fully saturated rings. The summed E-state index contributed by atoms with van der Waals surface area (Å²) in [7, 11) is 0. The van der Waals surface area contributed by atoms with E-state index in [1.165, 1.54) is 116 Å². The van der Waals surface area contributed by atoms with Crippen LogP contribution in [0.2, 0.25) is 0 Å². The molecule has 1 N–H and O–H groups in total. The fraction of sp³-hybridized carbons (Fsp3) is 0.956. The predicted octanol–water partition coefficient (Wildman–Crippen LogP) is 13.1. The maximum atomic E-state index is 12.7. The summed E-state index contributed by atoms with van der Waals surface area (Å²) in [5.74, 6) is -0.0201. The summed E-state index contributed by atoms with van der Waals surface area (Å²) in [6.07, 6.45) is 38.2. The van der Waals surface area contributed by atoms with Crippen molar-refractivity contribution >= 4 is 11.9 Å². The number of nitrogens with zero attached hydrogens (tertiary/aromatic N) is 1. The highest BCUT2D eigenvalue weighted by molar-refractivity contribution is 5.69. The van der Waals surface area contributed by atoms with E-state index in [2.05, 4.69) is 32.6 Å². The zero-order valence-electron chi connectivity index (χ0n) is 34.8. The quantitative estimate of drug-likeness (QED) is 0.0500. The average Bonchev–Trinajstić information content (AvgIpc) is 3.12. The summed E-state index contributed by atoms with van der Waals surface area (Å²) in [6.45, 7) is 11.6. The highest BCUT2D eigenvalue weighted by Gasteiger charge is 2.15. The molecule has 304 valence electrons. The van der Waals surface area contributed by atoms with Crippen molar-refractivity contribution < 1.29 is 24.2 Å². The summed E-state index contributed by atoms with van der Waals surface area (Å²) in [4.78, 5) is 27.2. The van der Waals surface area contributed by atoms with Crippen molar-refractivity contribution in [3.05, 3.63) is 0 Å². The first-order valence-corrected chi connectivity index (χ1v) is 22.7. The molecule has 0 radical (unpaired) electrons. The van der Waals surface area contributed by atoms with Crippen LogP contribution < -0.4 is 0 Å². The normalized spacial score (nSPS) is 12.2. The highest BCUT2D eigenvalue weighted by atomic mass is 16.5. The van der Waals surface area contributed by atoms with Gasteiger partial charge in [-0.05, 0) is 71.3 Å². The first kappa shape index (κ1) is 49.9. The molecule has 0 aromatic rings. The van der Waals surface area contributed by atoms with Crippen molar-refractivity contribution in [3.8, 4) is 0 Å². The third-order valence-corrected chi connectivity index (χ3v) is 10.7. The third kappa shape index (κ3) is 35.6. The van der Waals surface area contributed by atoms with Gasteiger partial charge in [0.15, 0.2) is 0 Å². The number of ether oxygens (including phenoxy) is 2. The van der Waals surface area contributed by atoms with Crippen molar-refractivity contribution in [1.82, 2.24) is 4.90 Å². The van der Waals surface area contributed by atoms with Crippen LogP contribution in [-0.2, 0) is 19.1 Å². The molecule has 0 aliphatic heterocycles. The van der Waals surface area contributed by atoms with Gasteiger partial charge in [0.25, 0.3) is 0 Å². The molecule has 1 atom stereocenters. The van der Waals surface area contributed by atoms with Gasteiger partial charge in [-0.2, -0.15) is 0 Å². The minimum atomic E-state index is -0.0323. The monoisotopic (exact) mass is 724 g/mol. The Labute approximate surface area is 318 Å². The standard InChI is InChI=1S/C45H89NO5/c1-5-8-11-14-17-25-32-41-50-44(48)36-29-21-18-24-31-38-46(39-40-47)42(4)33-26-22-23-30-37-45(49)51-43(34-27-19-15-12-9-6-2)35-28-20-16-13-10-7-3/h42-43,47H,5-41H2,1-4H3. The van der Waals surface area contributed by atoms with E-state index < -0.39 is 0 Å². The Morgan fingerprint density at radius 2 is 0.902 bits per heavy atom. The van der Waals surface area contributed by atoms with Gasteiger partial charge in [-0.1, -0.05) is 162 Å². The number of esters is 2. The van der Waals surface area contributed by atoms with Crippen LogP contribution in [0, 0.1) is 0 Å². The highest BCUT2D eigenvalue weighted by Crippen LogP contribution is 2.19. The molecule has 0 aromatic heterocycles. The van der Waals surface area contributed by atoms with Crippen molar-refractivity contribution in [2.24, 2.45) is 0 Å². The summed E-state index contributed by atoms with van der Waals surface area (Å²) < 4.78 is 11.4. The van der Waals surface area contributed by atoms with E-state index in [4.69, 9.17) is 9.47 Å². The van der Waals surface area contributed by atoms with Crippen LogP contribution in [0.4, 0.5) is 0 Å². The summed E-state index contributed by atoms with van der Waals surface area (Å²) in [5.41, 5.74) is 0. The maximum Gasteiger partial charge on any atom is 0.306 e. The summed E-state index contributed by atoms with van der Waals surface area (Å²) >= 11 is 0. The van der Waals surface area contributed by atoms with Gasteiger partial charge in [-0.15, -0.1) is 0 Å². The Bertz CT molecular complexity index is 715. The molecular formula is C45H89NO5. The lowest BCUT2D eigenvalue weighted by atomic mass is 10.0. The van der Waals surface area contributed by atoms with Crippen LogP contribution in [-0.4, -0.2) is 60.4 Å². The maximum absolute atomic E-state index is 12.7. The predicted molar refractivity (Wildman–Crippen MR) is 218 cm³/mol. The van der Waals surface area contributed by atoms with Crippen LogP contribution in [0.25, 0.3) is 0 Å². The van der Waals surface area contributed by atoms with Gasteiger partial charge in [-0.25, -0.2) is 0 Å². The number of rotatable bonds is 41. The molecule has 0 saturated carbocycles. The molecule has 0 amide bonds. The minimum Gasteiger partial charge on any atom is -0.466 e. The van der Waals surface area contributed by atoms with Gasteiger partial charge in [-0.3, -0.25) is 14.5 Å². The van der Waals surface area contributed by atoms with Crippen molar-refractivity contribution in [1.29, 1.82) is 0 Å². The Hall–Kier alpha value is -1.14. The molecule has 0 aromatic carbocycles. The van der Waals surface area contributed by atoms with Crippen molar-refractivity contribution in [3.63, 3.8) is 0 Å². The Morgan fingerprint density at radius 1 is 0.490 bits per heavy atom. The topological polar surface area (TPSA) is 76.1 Å². The number of carbonyl (C=O) groups excluding carboxylic acids is 2. The van der Waals surface area contributed by atoms with Gasteiger partial charge < -0.3 is 14.6 Å². The number of hydrogen-bond acceptors (Lipinski definition) is 6. The third-order valence-electron chi connectivity index (χ3n) is 10.7. The number of aliphatic hydroxyl groups is 1. The lowest BCUT2D eigenvalue weighted by Gasteiger charge is -2.28. The zero-order chi connectivity index (χ0) is 37.5. The molecule has 0 aliphatic rings. The van der Waals surface area contributed by atoms with E-state index in [0.29, 0.717) is 25.5 Å². The molecule has 51 heavy (non-hydrogen) atoms. The Balaban J connectivity index is 4.06. The van der Waals surface area contributed by atoms with E-state index >= 15 is 0 Å². The second kappa shape index (κ2) is 40.1. The molecule has 6 nitrogen and oxygen atoms in total. The lowest BCUT2D eigenvalue weighted by Crippen LogP contribution is -2.36. The molecule has 6 heteroatoms.